The van der Waals surface area contributed by atoms with Crippen molar-refractivity contribution in [1.29, 1.82) is 0 Å². The third-order valence-corrected chi connectivity index (χ3v) is 5.54. The van der Waals surface area contributed by atoms with Crippen LogP contribution in [0.3, 0.4) is 0 Å². The molecule has 0 bridgehead atoms. The molecule has 0 aliphatic carbocycles. The van der Waals surface area contributed by atoms with E-state index in [1.54, 1.807) is 36.6 Å². The minimum absolute atomic E-state index is 0.161. The zero-order chi connectivity index (χ0) is 21.7. The maximum Gasteiger partial charge on any atom is 0.341 e. The van der Waals surface area contributed by atoms with E-state index in [1.807, 2.05) is 0 Å². The fourth-order valence-electron chi connectivity index (χ4n) is 2.92. The summed E-state index contributed by atoms with van der Waals surface area (Å²) in [7, 11) is 0. The number of hydrogen-bond acceptors (Lipinski definition) is 7. The number of halogens is 1. The van der Waals surface area contributed by atoms with Crippen molar-refractivity contribution < 1.29 is 28.7 Å². The first kappa shape index (κ1) is 21.8. The lowest BCUT2D eigenvalue weighted by molar-refractivity contribution is -0.149. The third kappa shape index (κ3) is 4.98. The molecule has 158 valence electrons. The number of thiophene rings is 1. The van der Waals surface area contributed by atoms with Gasteiger partial charge in [0, 0.05) is 28.0 Å². The second-order valence-corrected chi connectivity index (χ2v) is 7.66. The van der Waals surface area contributed by atoms with Crippen LogP contribution in [0.2, 0.25) is 5.02 Å². The normalized spacial score (nSPS) is 15.4. The summed E-state index contributed by atoms with van der Waals surface area (Å²) in [5.41, 5.74) is 1.34. The van der Waals surface area contributed by atoms with Gasteiger partial charge in [0.05, 0.1) is 6.61 Å². The van der Waals surface area contributed by atoms with Crippen molar-refractivity contribution >= 4 is 51.7 Å². The van der Waals surface area contributed by atoms with Gasteiger partial charge in [-0.2, -0.15) is 0 Å². The van der Waals surface area contributed by atoms with Crippen molar-refractivity contribution in [3.63, 3.8) is 0 Å². The molecule has 2 aromatic rings. The van der Waals surface area contributed by atoms with E-state index in [1.165, 1.54) is 0 Å². The second kappa shape index (κ2) is 9.73. The fourth-order valence-corrected chi connectivity index (χ4v) is 4.13. The van der Waals surface area contributed by atoms with E-state index < -0.39 is 30.5 Å². The molecule has 8 nitrogen and oxygen atoms in total. The molecule has 0 radical (unpaired) electrons. The number of ether oxygens (including phenoxy) is 2. The third-order valence-electron chi connectivity index (χ3n) is 4.31. The largest absolute Gasteiger partial charge is 0.462 e. The number of carbonyl (C=O) groups excluding carboxylic acids is 4. The quantitative estimate of drug-likeness (QED) is 0.627. The highest BCUT2D eigenvalue weighted by Crippen LogP contribution is 2.39. The Morgan fingerprint density at radius 2 is 2.00 bits per heavy atom. The number of rotatable bonds is 7. The van der Waals surface area contributed by atoms with Crippen molar-refractivity contribution in [2.24, 2.45) is 0 Å². The lowest BCUT2D eigenvalue weighted by Gasteiger charge is -2.11. The minimum Gasteiger partial charge on any atom is -0.462 e. The van der Waals surface area contributed by atoms with Crippen LogP contribution < -0.4 is 10.6 Å². The Hall–Kier alpha value is -2.91. The summed E-state index contributed by atoms with van der Waals surface area (Å²) < 4.78 is 10.1. The predicted octanol–water partition coefficient (Wildman–Crippen LogP) is 3.01. The SMILES string of the molecule is CCOC(=O)c1c(-c2ccccc2Cl)csc1NC(=O)COC(=O)C1CCC(=O)N1. The number of nitrogens with one attached hydrogen (secondary N) is 2. The Morgan fingerprint density at radius 1 is 1.23 bits per heavy atom. The van der Waals surface area contributed by atoms with Crippen LogP contribution in [-0.4, -0.2) is 43.0 Å². The molecule has 2 heterocycles. The summed E-state index contributed by atoms with van der Waals surface area (Å²) in [6.07, 6.45) is 0.577. The Morgan fingerprint density at radius 3 is 2.67 bits per heavy atom. The molecule has 10 heteroatoms. The van der Waals surface area contributed by atoms with Gasteiger partial charge in [0.25, 0.3) is 5.91 Å². The first-order valence-corrected chi connectivity index (χ1v) is 10.5. The van der Waals surface area contributed by atoms with Crippen LogP contribution in [0.1, 0.15) is 30.1 Å². The van der Waals surface area contributed by atoms with Crippen LogP contribution in [0.25, 0.3) is 11.1 Å². The van der Waals surface area contributed by atoms with E-state index >= 15 is 0 Å². The molecule has 1 aliphatic rings. The van der Waals surface area contributed by atoms with Gasteiger partial charge in [0.1, 0.15) is 16.6 Å². The molecule has 0 saturated carbocycles. The molecule has 1 fully saturated rings. The Balaban J connectivity index is 1.74. The average molecular weight is 451 g/mol. The highest BCUT2D eigenvalue weighted by molar-refractivity contribution is 7.15. The molecule has 1 atom stereocenters. The van der Waals surface area contributed by atoms with Crippen molar-refractivity contribution in [2.45, 2.75) is 25.8 Å². The van der Waals surface area contributed by atoms with Crippen LogP contribution in [0.15, 0.2) is 29.6 Å². The van der Waals surface area contributed by atoms with Crippen LogP contribution in [0, 0.1) is 0 Å². The van der Waals surface area contributed by atoms with Gasteiger partial charge in [-0.05, 0) is 19.4 Å². The minimum atomic E-state index is -0.742. The van der Waals surface area contributed by atoms with Gasteiger partial charge < -0.3 is 20.1 Å². The molecular weight excluding hydrogens is 432 g/mol. The molecule has 2 amide bonds. The van der Waals surface area contributed by atoms with Gasteiger partial charge >= 0.3 is 11.9 Å². The van der Waals surface area contributed by atoms with Crippen molar-refractivity contribution in [1.82, 2.24) is 5.32 Å². The van der Waals surface area contributed by atoms with E-state index in [9.17, 15) is 19.2 Å². The Labute approximate surface area is 181 Å². The summed E-state index contributed by atoms with van der Waals surface area (Å²) in [5, 5.41) is 7.47. The molecule has 3 rings (SSSR count). The van der Waals surface area contributed by atoms with E-state index in [-0.39, 0.29) is 29.5 Å². The average Bonchev–Trinajstić information content (AvgIpc) is 3.33. The van der Waals surface area contributed by atoms with Gasteiger partial charge in [-0.15, -0.1) is 11.3 Å². The number of anilines is 1. The molecule has 1 aliphatic heterocycles. The molecule has 30 heavy (non-hydrogen) atoms. The molecular formula is C20H19ClN2O6S. The van der Waals surface area contributed by atoms with Crippen molar-refractivity contribution in [2.75, 3.05) is 18.5 Å². The molecule has 1 aromatic carbocycles. The van der Waals surface area contributed by atoms with Crippen LogP contribution in [-0.2, 0) is 23.9 Å². The molecule has 1 aromatic heterocycles. The second-order valence-electron chi connectivity index (χ2n) is 6.37. The zero-order valence-electron chi connectivity index (χ0n) is 16.0. The number of benzene rings is 1. The van der Waals surface area contributed by atoms with Gasteiger partial charge in [-0.1, -0.05) is 29.8 Å². The van der Waals surface area contributed by atoms with E-state index in [4.69, 9.17) is 21.1 Å². The predicted molar refractivity (Wildman–Crippen MR) is 111 cm³/mol. The van der Waals surface area contributed by atoms with E-state index in [0.29, 0.717) is 22.6 Å². The molecule has 1 saturated heterocycles. The highest BCUT2D eigenvalue weighted by Gasteiger charge is 2.29. The number of hydrogen-bond donors (Lipinski definition) is 2. The lowest BCUT2D eigenvalue weighted by Crippen LogP contribution is -2.36. The highest BCUT2D eigenvalue weighted by atomic mass is 35.5. The van der Waals surface area contributed by atoms with Crippen LogP contribution in [0.4, 0.5) is 5.00 Å². The topological polar surface area (TPSA) is 111 Å². The van der Waals surface area contributed by atoms with Gasteiger partial charge in [-0.3, -0.25) is 9.59 Å². The summed E-state index contributed by atoms with van der Waals surface area (Å²) in [6, 6.07) is 6.27. The summed E-state index contributed by atoms with van der Waals surface area (Å²) in [4.78, 5) is 48.0. The van der Waals surface area contributed by atoms with E-state index in [0.717, 1.165) is 11.3 Å². The van der Waals surface area contributed by atoms with Gasteiger partial charge in [0.2, 0.25) is 5.91 Å². The van der Waals surface area contributed by atoms with Crippen molar-refractivity contribution in [3.05, 3.63) is 40.2 Å². The molecule has 2 N–H and O–H groups in total. The van der Waals surface area contributed by atoms with Gasteiger partial charge in [-0.25, -0.2) is 9.59 Å². The van der Waals surface area contributed by atoms with E-state index in [2.05, 4.69) is 10.6 Å². The summed E-state index contributed by atoms with van der Waals surface area (Å²) in [6.45, 7) is 1.29. The Kier molecular flexibility index (Phi) is 7.07. The van der Waals surface area contributed by atoms with Gasteiger partial charge in [0.15, 0.2) is 6.61 Å². The molecule has 1 unspecified atom stereocenters. The molecule has 0 spiro atoms. The number of carbonyl (C=O) groups is 4. The lowest BCUT2D eigenvalue weighted by atomic mass is 10.0. The van der Waals surface area contributed by atoms with Crippen molar-refractivity contribution in [3.8, 4) is 11.1 Å². The zero-order valence-corrected chi connectivity index (χ0v) is 17.6. The number of esters is 2. The van der Waals surface area contributed by atoms with Crippen LogP contribution >= 0.6 is 22.9 Å². The summed E-state index contributed by atoms with van der Waals surface area (Å²) >= 11 is 7.40. The smallest absolute Gasteiger partial charge is 0.341 e. The Bertz CT molecular complexity index is 989. The monoisotopic (exact) mass is 450 g/mol. The first-order valence-electron chi connectivity index (χ1n) is 9.20. The van der Waals surface area contributed by atoms with Crippen LogP contribution in [0.5, 0.6) is 0 Å². The summed E-state index contributed by atoms with van der Waals surface area (Å²) in [5.74, 6) is -2.13. The maximum atomic E-state index is 12.5. The number of amides is 2. The fraction of sp³-hybridized carbons (Fsp3) is 0.300. The standard InChI is InChI=1S/C20H19ClN2O6S/c1-2-28-20(27)17-12(11-5-3-4-6-13(11)21)10-30-18(17)23-16(25)9-29-19(26)14-7-8-15(24)22-14/h3-6,10,14H,2,7-9H2,1H3,(H,22,24)(H,23,25). The maximum absolute atomic E-state index is 12.5. The first-order chi connectivity index (χ1) is 14.4.